The molecule has 0 atom stereocenters. The molecule has 2 aromatic heterocycles. The Kier molecular flexibility index (Phi) is 5.29. The van der Waals surface area contributed by atoms with E-state index in [-0.39, 0.29) is 11.5 Å². The Balaban J connectivity index is 1.87. The summed E-state index contributed by atoms with van der Waals surface area (Å²) in [4.78, 5) is 28.7. The Bertz CT molecular complexity index is 633. The number of thiophene rings is 1. The van der Waals surface area contributed by atoms with E-state index in [1.807, 2.05) is 5.38 Å². The zero-order chi connectivity index (χ0) is 14.4. The molecule has 0 aliphatic carbocycles. The summed E-state index contributed by atoms with van der Waals surface area (Å²) >= 11 is 1.45. The molecule has 20 heavy (non-hydrogen) atoms. The second-order valence-electron chi connectivity index (χ2n) is 4.69. The van der Waals surface area contributed by atoms with Crippen LogP contribution in [0.4, 0.5) is 0 Å². The van der Waals surface area contributed by atoms with Crippen LogP contribution < -0.4 is 10.9 Å². The minimum Gasteiger partial charge on any atom is -0.356 e. The molecule has 0 spiro atoms. The van der Waals surface area contributed by atoms with Crippen molar-refractivity contribution in [3.8, 4) is 0 Å². The maximum Gasteiger partial charge on any atom is 0.262 e. The van der Waals surface area contributed by atoms with Crippen LogP contribution in [0, 0.1) is 0 Å². The molecule has 2 rings (SSSR count). The topological polar surface area (TPSA) is 64.0 Å². The maximum atomic E-state index is 12.1. The van der Waals surface area contributed by atoms with Gasteiger partial charge in [0.1, 0.15) is 4.83 Å². The second kappa shape index (κ2) is 7.19. The van der Waals surface area contributed by atoms with Crippen molar-refractivity contribution >= 4 is 27.5 Å². The van der Waals surface area contributed by atoms with Crippen molar-refractivity contribution in [3.05, 3.63) is 28.1 Å². The first-order chi connectivity index (χ1) is 9.72. The van der Waals surface area contributed by atoms with Crippen molar-refractivity contribution in [2.75, 3.05) is 6.54 Å². The number of amides is 1. The van der Waals surface area contributed by atoms with E-state index in [0.29, 0.717) is 24.9 Å². The van der Waals surface area contributed by atoms with Crippen LogP contribution in [0.1, 0.15) is 32.6 Å². The predicted molar refractivity (Wildman–Crippen MR) is 81.0 cm³/mol. The van der Waals surface area contributed by atoms with E-state index in [9.17, 15) is 9.59 Å². The third kappa shape index (κ3) is 3.66. The van der Waals surface area contributed by atoms with E-state index in [0.717, 1.165) is 24.1 Å². The smallest absolute Gasteiger partial charge is 0.262 e. The summed E-state index contributed by atoms with van der Waals surface area (Å²) in [6.07, 6.45) is 5.09. The highest BCUT2D eigenvalue weighted by Gasteiger charge is 2.06. The summed E-state index contributed by atoms with van der Waals surface area (Å²) in [5.74, 6) is -0.0154. The van der Waals surface area contributed by atoms with Crippen LogP contribution in [-0.4, -0.2) is 22.0 Å². The molecule has 0 aliphatic rings. The van der Waals surface area contributed by atoms with Crippen molar-refractivity contribution in [2.45, 2.75) is 39.2 Å². The molecule has 2 heterocycles. The van der Waals surface area contributed by atoms with Gasteiger partial charge >= 0.3 is 0 Å². The zero-order valence-corrected chi connectivity index (χ0v) is 12.4. The van der Waals surface area contributed by atoms with Crippen LogP contribution in [0.25, 0.3) is 10.2 Å². The molecule has 0 saturated heterocycles. The number of hydrogen-bond donors (Lipinski definition) is 1. The first-order valence-corrected chi connectivity index (χ1v) is 7.79. The van der Waals surface area contributed by atoms with Crippen molar-refractivity contribution in [2.24, 2.45) is 0 Å². The Morgan fingerprint density at radius 1 is 1.45 bits per heavy atom. The lowest BCUT2D eigenvalue weighted by Gasteiger charge is -2.06. The molecule has 0 aliphatic heterocycles. The summed E-state index contributed by atoms with van der Waals surface area (Å²) in [6.45, 7) is 3.21. The van der Waals surface area contributed by atoms with Gasteiger partial charge in [0.05, 0.1) is 11.7 Å². The van der Waals surface area contributed by atoms with E-state index < -0.39 is 0 Å². The van der Waals surface area contributed by atoms with Gasteiger partial charge < -0.3 is 5.32 Å². The zero-order valence-electron chi connectivity index (χ0n) is 11.6. The number of unbranched alkanes of at least 4 members (excludes halogenated alkanes) is 2. The van der Waals surface area contributed by atoms with Crippen molar-refractivity contribution in [1.82, 2.24) is 14.9 Å². The van der Waals surface area contributed by atoms with E-state index in [2.05, 4.69) is 17.2 Å². The lowest BCUT2D eigenvalue weighted by Crippen LogP contribution is -2.28. The molecular formula is C14H19N3O2S. The van der Waals surface area contributed by atoms with Crippen LogP contribution in [-0.2, 0) is 11.3 Å². The Morgan fingerprint density at radius 3 is 3.10 bits per heavy atom. The van der Waals surface area contributed by atoms with Crippen LogP contribution in [0.15, 0.2) is 22.6 Å². The van der Waals surface area contributed by atoms with Crippen LogP contribution in [0.3, 0.4) is 0 Å². The molecule has 2 aromatic rings. The molecular weight excluding hydrogens is 274 g/mol. The molecule has 0 bridgehead atoms. The van der Waals surface area contributed by atoms with Gasteiger partial charge in [0.2, 0.25) is 5.91 Å². The van der Waals surface area contributed by atoms with Gasteiger partial charge in [-0.15, -0.1) is 11.3 Å². The highest BCUT2D eigenvalue weighted by molar-refractivity contribution is 7.16. The minimum absolute atomic E-state index is 0.0154. The van der Waals surface area contributed by atoms with Crippen molar-refractivity contribution in [1.29, 1.82) is 0 Å². The highest BCUT2D eigenvalue weighted by atomic mass is 32.1. The third-order valence-electron chi connectivity index (χ3n) is 3.13. The lowest BCUT2D eigenvalue weighted by atomic mass is 10.2. The first-order valence-electron chi connectivity index (χ1n) is 6.91. The maximum absolute atomic E-state index is 12.1. The fourth-order valence-corrected chi connectivity index (χ4v) is 2.69. The number of aromatic nitrogens is 2. The summed E-state index contributed by atoms with van der Waals surface area (Å²) in [7, 11) is 0. The fourth-order valence-electron chi connectivity index (χ4n) is 1.97. The van der Waals surface area contributed by atoms with E-state index in [1.54, 1.807) is 6.07 Å². The number of nitrogens with one attached hydrogen (secondary N) is 1. The number of rotatable bonds is 7. The third-order valence-corrected chi connectivity index (χ3v) is 3.95. The predicted octanol–water partition coefficient (Wildman–Crippen LogP) is 2.15. The van der Waals surface area contributed by atoms with Gasteiger partial charge in [-0.05, 0) is 17.9 Å². The molecule has 0 radical (unpaired) electrons. The molecule has 1 amide bonds. The van der Waals surface area contributed by atoms with Crippen molar-refractivity contribution in [3.63, 3.8) is 0 Å². The summed E-state index contributed by atoms with van der Waals surface area (Å²) in [6, 6.07) is 1.77. The van der Waals surface area contributed by atoms with E-state index >= 15 is 0 Å². The summed E-state index contributed by atoms with van der Waals surface area (Å²) < 4.78 is 1.50. The Labute approximate surface area is 121 Å². The Hall–Kier alpha value is -1.69. The monoisotopic (exact) mass is 293 g/mol. The molecule has 0 fully saturated rings. The molecule has 108 valence electrons. The molecule has 0 unspecified atom stereocenters. The highest BCUT2D eigenvalue weighted by Crippen LogP contribution is 2.13. The normalized spacial score (nSPS) is 10.8. The van der Waals surface area contributed by atoms with Gasteiger partial charge in [-0.25, -0.2) is 4.98 Å². The van der Waals surface area contributed by atoms with Gasteiger partial charge in [-0.3, -0.25) is 14.2 Å². The quantitative estimate of drug-likeness (QED) is 0.796. The fraction of sp³-hybridized carbons (Fsp3) is 0.500. The summed E-state index contributed by atoms with van der Waals surface area (Å²) in [5, 5.41) is 5.34. The van der Waals surface area contributed by atoms with Crippen LogP contribution in [0.5, 0.6) is 0 Å². The number of nitrogens with zero attached hydrogens (tertiary/aromatic N) is 2. The second-order valence-corrected chi connectivity index (χ2v) is 5.58. The van der Waals surface area contributed by atoms with Gasteiger partial charge in [0.15, 0.2) is 0 Å². The van der Waals surface area contributed by atoms with Crippen LogP contribution >= 0.6 is 11.3 Å². The molecule has 0 aromatic carbocycles. The van der Waals surface area contributed by atoms with E-state index in [1.165, 1.54) is 22.2 Å². The minimum atomic E-state index is -0.0740. The molecule has 1 N–H and O–H groups in total. The van der Waals surface area contributed by atoms with Gasteiger partial charge in [0, 0.05) is 19.5 Å². The Morgan fingerprint density at radius 2 is 2.30 bits per heavy atom. The van der Waals surface area contributed by atoms with Crippen LogP contribution in [0.2, 0.25) is 0 Å². The van der Waals surface area contributed by atoms with Gasteiger partial charge in [-0.1, -0.05) is 19.8 Å². The van der Waals surface area contributed by atoms with Gasteiger partial charge in [-0.2, -0.15) is 0 Å². The standard InChI is InChI=1S/C14H19N3O2S/c1-2-3-4-7-15-12(18)5-8-17-10-16-13-11(14(17)19)6-9-20-13/h6,9-10H,2-5,7-8H2,1H3,(H,15,18). The van der Waals surface area contributed by atoms with E-state index in [4.69, 9.17) is 0 Å². The summed E-state index contributed by atoms with van der Waals surface area (Å²) in [5.41, 5.74) is -0.0740. The number of hydrogen-bond acceptors (Lipinski definition) is 4. The average molecular weight is 293 g/mol. The number of carbonyl (C=O) groups is 1. The largest absolute Gasteiger partial charge is 0.356 e. The lowest BCUT2D eigenvalue weighted by molar-refractivity contribution is -0.121. The molecule has 6 heteroatoms. The average Bonchev–Trinajstić information content (AvgIpc) is 2.92. The van der Waals surface area contributed by atoms with Crippen molar-refractivity contribution < 1.29 is 4.79 Å². The van der Waals surface area contributed by atoms with Gasteiger partial charge in [0.25, 0.3) is 5.56 Å². The first kappa shape index (κ1) is 14.7. The number of aryl methyl sites for hydroxylation is 1. The molecule has 0 saturated carbocycles. The molecule has 5 nitrogen and oxygen atoms in total. The number of carbonyl (C=O) groups excluding carboxylic acids is 1. The number of fused-ring (bicyclic) bond motifs is 1. The SMILES string of the molecule is CCCCCNC(=O)CCn1cnc2sccc2c1=O.